The van der Waals surface area contributed by atoms with E-state index in [4.69, 9.17) is 10.2 Å². The Morgan fingerprint density at radius 2 is 1.28 bits per heavy atom. The maximum atomic E-state index is 10.5. The van der Waals surface area contributed by atoms with Crippen LogP contribution in [-0.2, 0) is 28.7 Å². The van der Waals surface area contributed by atoms with E-state index in [1.54, 1.807) is 0 Å². The summed E-state index contributed by atoms with van der Waals surface area (Å²) in [6, 6.07) is 0. The number of carbonyl (C=O) groups excluding carboxylic acids is 2. The minimum absolute atomic E-state index is 0.134. The van der Waals surface area contributed by atoms with Gasteiger partial charge in [0.15, 0.2) is 0 Å². The third-order valence-corrected chi connectivity index (χ3v) is 1.30. The fourth-order valence-corrected chi connectivity index (χ4v) is 0.659. The first-order chi connectivity index (χ1) is 8.41. The van der Waals surface area contributed by atoms with Gasteiger partial charge in [0, 0.05) is 24.3 Å². The summed E-state index contributed by atoms with van der Waals surface area (Å²) in [7, 11) is 0. The van der Waals surface area contributed by atoms with Crippen LogP contribution in [0, 0.1) is 0 Å². The van der Waals surface area contributed by atoms with E-state index in [2.05, 4.69) is 9.47 Å². The molecular formula is C10H10O8. The number of rotatable bonds is 2. The topological polar surface area (TPSA) is 127 Å². The van der Waals surface area contributed by atoms with Gasteiger partial charge in [-0.3, -0.25) is 0 Å². The molecule has 0 fully saturated rings. The Labute approximate surface area is 101 Å². The molecular weight excluding hydrogens is 248 g/mol. The van der Waals surface area contributed by atoms with Gasteiger partial charge in [0.2, 0.25) is 0 Å². The van der Waals surface area contributed by atoms with Gasteiger partial charge in [-0.25, -0.2) is 19.2 Å². The summed E-state index contributed by atoms with van der Waals surface area (Å²) >= 11 is 0. The first kappa shape index (κ1) is 15.4. The molecule has 18 heavy (non-hydrogen) atoms. The molecule has 1 rings (SSSR count). The highest BCUT2D eigenvalue weighted by Crippen LogP contribution is 1.90. The van der Waals surface area contributed by atoms with Crippen molar-refractivity contribution in [2.75, 3.05) is 13.2 Å². The number of esters is 2. The predicted molar refractivity (Wildman–Crippen MR) is 55.5 cm³/mol. The molecule has 0 radical (unpaired) electrons. The number of hydrogen-bond acceptors (Lipinski definition) is 6. The van der Waals surface area contributed by atoms with Crippen molar-refractivity contribution in [3.8, 4) is 0 Å². The number of carboxylic acids is 2. The number of hydrogen-bond donors (Lipinski definition) is 2. The number of carboxylic acid groups (broad SMARTS) is 2. The molecule has 0 aromatic heterocycles. The van der Waals surface area contributed by atoms with E-state index in [1.165, 1.54) is 0 Å². The molecule has 8 nitrogen and oxygen atoms in total. The van der Waals surface area contributed by atoms with Crippen LogP contribution in [0.1, 0.15) is 0 Å². The van der Waals surface area contributed by atoms with Crippen molar-refractivity contribution in [3.05, 3.63) is 24.3 Å². The van der Waals surface area contributed by atoms with Crippen LogP contribution in [0.3, 0.4) is 0 Å². The zero-order valence-corrected chi connectivity index (χ0v) is 9.07. The minimum Gasteiger partial charge on any atom is -0.478 e. The SMILES string of the molecule is O=C(O)/C=C/C(=O)O.O=C1/C=C\C(=O)OCCO1. The van der Waals surface area contributed by atoms with Gasteiger partial charge in [-0.05, 0) is 0 Å². The summed E-state index contributed by atoms with van der Waals surface area (Å²) in [4.78, 5) is 40.0. The Morgan fingerprint density at radius 3 is 1.56 bits per heavy atom. The van der Waals surface area contributed by atoms with Crippen molar-refractivity contribution in [2.45, 2.75) is 0 Å². The van der Waals surface area contributed by atoms with E-state index in [1.807, 2.05) is 0 Å². The lowest BCUT2D eigenvalue weighted by Crippen LogP contribution is -2.14. The van der Waals surface area contributed by atoms with E-state index in [0.29, 0.717) is 12.2 Å². The zero-order chi connectivity index (χ0) is 14.0. The molecule has 8 heteroatoms. The summed E-state index contributed by atoms with van der Waals surface area (Å²) in [5, 5.41) is 15.6. The van der Waals surface area contributed by atoms with Crippen LogP contribution in [0.2, 0.25) is 0 Å². The normalized spacial score (nSPS) is 16.4. The van der Waals surface area contributed by atoms with Crippen LogP contribution in [0.5, 0.6) is 0 Å². The van der Waals surface area contributed by atoms with E-state index >= 15 is 0 Å². The summed E-state index contributed by atoms with van der Waals surface area (Å²) in [6.07, 6.45) is 3.20. The Hall–Kier alpha value is -2.64. The van der Waals surface area contributed by atoms with Gasteiger partial charge in [0.05, 0.1) is 0 Å². The molecule has 1 heterocycles. The molecule has 0 aromatic carbocycles. The van der Waals surface area contributed by atoms with E-state index in [0.717, 1.165) is 12.2 Å². The van der Waals surface area contributed by atoms with Crippen LogP contribution in [0.15, 0.2) is 24.3 Å². The fourth-order valence-electron chi connectivity index (χ4n) is 0.659. The lowest BCUT2D eigenvalue weighted by molar-refractivity contribution is -0.148. The van der Waals surface area contributed by atoms with E-state index in [9.17, 15) is 19.2 Å². The van der Waals surface area contributed by atoms with Gasteiger partial charge in [0.25, 0.3) is 0 Å². The minimum atomic E-state index is -1.26. The lowest BCUT2D eigenvalue weighted by atomic mass is 10.5. The summed E-state index contributed by atoms with van der Waals surface area (Å²) in [5.74, 6) is -3.52. The number of carbonyl (C=O) groups is 4. The van der Waals surface area contributed by atoms with Gasteiger partial charge in [-0.1, -0.05) is 0 Å². The number of ether oxygens (including phenoxy) is 2. The average Bonchev–Trinajstić information content (AvgIpc) is 2.28. The third kappa shape index (κ3) is 9.90. The van der Waals surface area contributed by atoms with Crippen molar-refractivity contribution in [2.24, 2.45) is 0 Å². The third-order valence-electron chi connectivity index (χ3n) is 1.30. The van der Waals surface area contributed by atoms with E-state index < -0.39 is 23.9 Å². The highest BCUT2D eigenvalue weighted by Gasteiger charge is 2.04. The van der Waals surface area contributed by atoms with Gasteiger partial charge in [-0.15, -0.1) is 0 Å². The van der Waals surface area contributed by atoms with Crippen LogP contribution in [0.25, 0.3) is 0 Å². The molecule has 2 N–H and O–H groups in total. The maximum Gasteiger partial charge on any atom is 0.331 e. The summed E-state index contributed by atoms with van der Waals surface area (Å²) < 4.78 is 9.06. The average molecular weight is 258 g/mol. The van der Waals surface area contributed by atoms with Crippen LogP contribution >= 0.6 is 0 Å². The highest BCUT2D eigenvalue weighted by atomic mass is 16.6. The quantitative estimate of drug-likeness (QED) is 0.494. The first-order valence-corrected chi connectivity index (χ1v) is 4.57. The Balaban J connectivity index is 0.000000331. The van der Waals surface area contributed by atoms with Gasteiger partial charge in [0.1, 0.15) is 13.2 Å². The molecule has 1 aliphatic rings. The number of aliphatic carboxylic acids is 2. The van der Waals surface area contributed by atoms with Crippen molar-refractivity contribution in [3.63, 3.8) is 0 Å². The largest absolute Gasteiger partial charge is 0.478 e. The Kier molecular flexibility index (Phi) is 7.26. The second kappa shape index (κ2) is 8.50. The smallest absolute Gasteiger partial charge is 0.331 e. The lowest BCUT2D eigenvalue weighted by Gasteiger charge is -2.04. The molecule has 0 saturated heterocycles. The highest BCUT2D eigenvalue weighted by molar-refractivity contribution is 5.92. The van der Waals surface area contributed by atoms with Crippen LogP contribution < -0.4 is 0 Å². The van der Waals surface area contributed by atoms with Crippen molar-refractivity contribution < 1.29 is 38.9 Å². The predicted octanol–water partition coefficient (Wildman–Crippen LogP) is -0.646. The fraction of sp³-hybridized carbons (Fsp3) is 0.200. The van der Waals surface area contributed by atoms with Gasteiger partial charge >= 0.3 is 23.9 Å². The molecule has 0 atom stereocenters. The molecule has 0 unspecified atom stereocenters. The maximum absolute atomic E-state index is 10.5. The second-order valence-corrected chi connectivity index (χ2v) is 2.68. The molecule has 0 aliphatic carbocycles. The molecule has 0 amide bonds. The Bertz CT molecular complexity index is 357. The molecule has 0 saturated carbocycles. The first-order valence-electron chi connectivity index (χ1n) is 4.57. The van der Waals surface area contributed by atoms with Crippen molar-refractivity contribution >= 4 is 23.9 Å². The zero-order valence-electron chi connectivity index (χ0n) is 9.07. The summed E-state index contributed by atoms with van der Waals surface area (Å²) in [5.41, 5.74) is 0. The molecule has 1 aliphatic heterocycles. The molecule has 0 aromatic rings. The summed E-state index contributed by atoms with van der Waals surface area (Å²) in [6.45, 7) is 0.268. The second-order valence-electron chi connectivity index (χ2n) is 2.68. The van der Waals surface area contributed by atoms with Crippen molar-refractivity contribution in [1.29, 1.82) is 0 Å². The van der Waals surface area contributed by atoms with Crippen LogP contribution in [-0.4, -0.2) is 47.3 Å². The molecule has 98 valence electrons. The molecule has 0 bridgehead atoms. The van der Waals surface area contributed by atoms with Crippen molar-refractivity contribution in [1.82, 2.24) is 0 Å². The van der Waals surface area contributed by atoms with E-state index in [-0.39, 0.29) is 13.2 Å². The Morgan fingerprint density at radius 1 is 0.944 bits per heavy atom. The standard InChI is InChI=1S/C6H6O4.C4H4O4/c7-5-1-2-6(8)10-4-3-9-5;5-3(6)1-2-4(7)8/h1-2H,3-4H2;1-2H,(H,5,6)(H,7,8)/b2-1-;2-1+. The monoisotopic (exact) mass is 258 g/mol. The number of cyclic esters (lactones) is 2. The van der Waals surface area contributed by atoms with Crippen LogP contribution in [0.4, 0.5) is 0 Å². The van der Waals surface area contributed by atoms with Gasteiger partial charge in [-0.2, -0.15) is 0 Å². The molecule has 0 spiro atoms. The van der Waals surface area contributed by atoms with Gasteiger partial charge < -0.3 is 19.7 Å².